The second-order valence-corrected chi connectivity index (χ2v) is 6.08. The van der Waals surface area contributed by atoms with E-state index in [1.807, 2.05) is 18.5 Å². The van der Waals surface area contributed by atoms with E-state index in [4.69, 9.17) is 5.73 Å². The minimum Gasteiger partial charge on any atom is -0.329 e. The molecule has 0 radical (unpaired) electrons. The lowest BCUT2D eigenvalue weighted by Crippen LogP contribution is -2.37. The Kier molecular flexibility index (Phi) is 10.1. The van der Waals surface area contributed by atoms with Crippen molar-refractivity contribution in [2.24, 2.45) is 5.73 Å². The molecule has 3 heteroatoms. The molecule has 0 spiro atoms. The fourth-order valence-corrected chi connectivity index (χ4v) is 2.76. The molecule has 0 fully saturated rings. The van der Waals surface area contributed by atoms with Crippen LogP contribution in [-0.2, 0) is 6.54 Å². The summed E-state index contributed by atoms with van der Waals surface area (Å²) in [7, 11) is 2.17. The van der Waals surface area contributed by atoms with Crippen LogP contribution >= 0.6 is 0 Å². The van der Waals surface area contributed by atoms with Crippen LogP contribution in [0.5, 0.6) is 0 Å². The Bertz CT molecular complexity index is 340. The van der Waals surface area contributed by atoms with Gasteiger partial charge in [-0.05, 0) is 25.1 Å². The number of pyridine rings is 1. The number of unbranched alkanes of at least 4 members (excludes halogenated alkanes) is 6. The van der Waals surface area contributed by atoms with Gasteiger partial charge in [0.1, 0.15) is 0 Å². The van der Waals surface area contributed by atoms with Gasteiger partial charge in [-0.1, -0.05) is 57.9 Å². The van der Waals surface area contributed by atoms with Crippen LogP contribution in [-0.4, -0.2) is 29.5 Å². The van der Waals surface area contributed by atoms with E-state index in [2.05, 4.69) is 29.9 Å². The van der Waals surface area contributed by atoms with E-state index >= 15 is 0 Å². The zero-order valence-corrected chi connectivity index (χ0v) is 13.9. The number of aromatic nitrogens is 1. The van der Waals surface area contributed by atoms with Gasteiger partial charge in [0.2, 0.25) is 0 Å². The van der Waals surface area contributed by atoms with Crippen molar-refractivity contribution in [1.82, 2.24) is 9.88 Å². The summed E-state index contributed by atoms with van der Waals surface area (Å²) in [6, 6.07) is 4.61. The lowest BCUT2D eigenvalue weighted by molar-refractivity contribution is 0.222. The first-order valence-corrected chi connectivity index (χ1v) is 8.57. The fraction of sp³-hybridized carbons (Fsp3) is 0.722. The van der Waals surface area contributed by atoms with Gasteiger partial charge in [0.25, 0.3) is 0 Å². The van der Waals surface area contributed by atoms with Crippen LogP contribution in [0.1, 0.15) is 63.9 Å². The molecular formula is C18H33N3. The normalized spacial score (nSPS) is 12.8. The molecule has 0 amide bonds. The number of nitrogens with two attached hydrogens (primary N) is 1. The lowest BCUT2D eigenvalue weighted by Gasteiger charge is -2.27. The summed E-state index contributed by atoms with van der Waals surface area (Å²) in [5.41, 5.74) is 7.21. The van der Waals surface area contributed by atoms with Gasteiger partial charge in [-0.3, -0.25) is 9.88 Å². The van der Waals surface area contributed by atoms with Crippen molar-refractivity contribution in [3.05, 3.63) is 30.1 Å². The van der Waals surface area contributed by atoms with Gasteiger partial charge in [0.05, 0.1) is 0 Å². The molecule has 0 aliphatic rings. The Balaban J connectivity index is 2.18. The molecule has 1 unspecified atom stereocenters. The highest BCUT2D eigenvalue weighted by Gasteiger charge is 2.12. The molecule has 1 aromatic rings. The largest absolute Gasteiger partial charge is 0.329 e. The van der Waals surface area contributed by atoms with E-state index in [-0.39, 0.29) is 0 Å². The third-order valence-corrected chi connectivity index (χ3v) is 4.19. The summed E-state index contributed by atoms with van der Waals surface area (Å²) in [6.45, 7) is 3.95. The molecule has 120 valence electrons. The van der Waals surface area contributed by atoms with Gasteiger partial charge in [-0.25, -0.2) is 0 Å². The summed E-state index contributed by atoms with van der Waals surface area (Å²) >= 11 is 0. The minimum atomic E-state index is 0.487. The van der Waals surface area contributed by atoms with Gasteiger partial charge in [0, 0.05) is 31.5 Å². The molecular weight excluding hydrogens is 258 g/mol. The average Bonchev–Trinajstić information content (AvgIpc) is 2.51. The van der Waals surface area contributed by atoms with Crippen molar-refractivity contribution in [3.63, 3.8) is 0 Å². The predicted octanol–water partition coefficient (Wildman–Crippen LogP) is 3.98. The molecule has 0 aromatic carbocycles. The molecule has 1 rings (SSSR count). The first-order chi connectivity index (χ1) is 10.3. The molecule has 2 N–H and O–H groups in total. The Morgan fingerprint density at radius 1 is 1.14 bits per heavy atom. The number of hydrogen-bond donors (Lipinski definition) is 1. The Labute approximate surface area is 130 Å². The lowest BCUT2D eigenvalue weighted by atomic mass is 10.0. The van der Waals surface area contributed by atoms with Crippen LogP contribution in [0.15, 0.2) is 24.5 Å². The molecule has 1 atom stereocenters. The highest BCUT2D eigenvalue weighted by molar-refractivity contribution is 5.08. The summed E-state index contributed by atoms with van der Waals surface area (Å²) in [5.74, 6) is 0. The second-order valence-electron chi connectivity index (χ2n) is 6.08. The monoisotopic (exact) mass is 291 g/mol. The SMILES string of the molecule is CCCCCCCCCC(CN)N(C)Cc1cccnc1. The van der Waals surface area contributed by atoms with Crippen LogP contribution in [0.4, 0.5) is 0 Å². The highest BCUT2D eigenvalue weighted by Crippen LogP contribution is 2.13. The molecule has 3 nitrogen and oxygen atoms in total. The maximum absolute atomic E-state index is 5.95. The van der Waals surface area contributed by atoms with Crippen LogP contribution < -0.4 is 5.73 Å². The zero-order valence-electron chi connectivity index (χ0n) is 13.9. The van der Waals surface area contributed by atoms with Gasteiger partial charge < -0.3 is 5.73 Å². The highest BCUT2D eigenvalue weighted by atomic mass is 15.1. The maximum Gasteiger partial charge on any atom is 0.0312 e. The number of rotatable bonds is 12. The van der Waals surface area contributed by atoms with Crippen molar-refractivity contribution in [1.29, 1.82) is 0 Å². The van der Waals surface area contributed by atoms with Gasteiger partial charge in [-0.15, -0.1) is 0 Å². The van der Waals surface area contributed by atoms with Crippen molar-refractivity contribution in [2.75, 3.05) is 13.6 Å². The number of nitrogens with zero attached hydrogens (tertiary/aromatic N) is 2. The molecule has 0 aliphatic heterocycles. The standard InChI is InChI=1S/C18H33N3/c1-3-4-5-6-7-8-9-12-18(14-19)21(2)16-17-11-10-13-20-15-17/h10-11,13,15,18H,3-9,12,14,16,19H2,1-2H3. The zero-order chi connectivity index (χ0) is 15.3. The van der Waals surface area contributed by atoms with E-state index in [1.54, 1.807) is 0 Å². The summed E-state index contributed by atoms with van der Waals surface area (Å²) < 4.78 is 0. The Hall–Kier alpha value is -0.930. The number of likely N-dealkylation sites (N-methyl/N-ethyl adjacent to an activating group) is 1. The van der Waals surface area contributed by atoms with Gasteiger partial charge >= 0.3 is 0 Å². The topological polar surface area (TPSA) is 42.1 Å². The van der Waals surface area contributed by atoms with Crippen LogP contribution in [0.25, 0.3) is 0 Å². The second kappa shape index (κ2) is 11.7. The third-order valence-electron chi connectivity index (χ3n) is 4.19. The molecule has 21 heavy (non-hydrogen) atoms. The maximum atomic E-state index is 5.95. The van der Waals surface area contributed by atoms with Crippen LogP contribution in [0.3, 0.4) is 0 Å². The summed E-state index contributed by atoms with van der Waals surface area (Å²) in [4.78, 5) is 6.55. The Morgan fingerprint density at radius 3 is 2.48 bits per heavy atom. The van der Waals surface area contributed by atoms with Gasteiger partial charge in [0.15, 0.2) is 0 Å². The van der Waals surface area contributed by atoms with Crippen molar-refractivity contribution >= 4 is 0 Å². The Morgan fingerprint density at radius 2 is 1.86 bits per heavy atom. The van der Waals surface area contributed by atoms with Crippen molar-refractivity contribution < 1.29 is 0 Å². The molecule has 0 saturated carbocycles. The van der Waals surface area contributed by atoms with Crippen molar-refractivity contribution in [3.8, 4) is 0 Å². The molecule has 0 saturated heterocycles. The van der Waals surface area contributed by atoms with E-state index in [9.17, 15) is 0 Å². The van der Waals surface area contributed by atoms with E-state index in [0.29, 0.717) is 6.04 Å². The van der Waals surface area contributed by atoms with E-state index in [0.717, 1.165) is 13.1 Å². The van der Waals surface area contributed by atoms with Gasteiger partial charge in [-0.2, -0.15) is 0 Å². The summed E-state index contributed by atoms with van der Waals surface area (Å²) in [6.07, 6.45) is 14.5. The van der Waals surface area contributed by atoms with Crippen LogP contribution in [0.2, 0.25) is 0 Å². The average molecular weight is 291 g/mol. The minimum absolute atomic E-state index is 0.487. The van der Waals surface area contributed by atoms with Crippen molar-refractivity contribution in [2.45, 2.75) is 70.9 Å². The van der Waals surface area contributed by atoms with Crippen LogP contribution in [0, 0.1) is 0 Å². The van der Waals surface area contributed by atoms with E-state index < -0.39 is 0 Å². The smallest absolute Gasteiger partial charge is 0.0312 e. The molecule has 1 aromatic heterocycles. The molecule has 1 heterocycles. The predicted molar refractivity (Wildman–Crippen MR) is 91.2 cm³/mol. The number of hydrogen-bond acceptors (Lipinski definition) is 3. The molecule has 0 bridgehead atoms. The molecule has 0 aliphatic carbocycles. The third kappa shape index (κ3) is 8.18. The first kappa shape index (κ1) is 18.1. The summed E-state index contributed by atoms with van der Waals surface area (Å²) in [5, 5.41) is 0. The first-order valence-electron chi connectivity index (χ1n) is 8.57. The fourth-order valence-electron chi connectivity index (χ4n) is 2.76. The quantitative estimate of drug-likeness (QED) is 0.592. The van der Waals surface area contributed by atoms with E-state index in [1.165, 1.54) is 56.9 Å².